The minimum absolute atomic E-state index is 0.000174. The zero-order valence-electron chi connectivity index (χ0n) is 11.1. The summed E-state index contributed by atoms with van der Waals surface area (Å²) < 4.78 is 13.6. The summed E-state index contributed by atoms with van der Waals surface area (Å²) >= 11 is 5.68. The van der Waals surface area contributed by atoms with E-state index in [0.717, 1.165) is 5.56 Å². The summed E-state index contributed by atoms with van der Waals surface area (Å²) in [5.41, 5.74) is 1.35. The Balaban J connectivity index is 1.99. The summed E-state index contributed by atoms with van der Waals surface area (Å²) in [5, 5.41) is 3.17. The number of rotatable bonds is 4. The highest BCUT2D eigenvalue weighted by Gasteiger charge is 2.12. The molecule has 20 heavy (non-hydrogen) atoms. The molecule has 4 heteroatoms. The first-order valence-corrected chi connectivity index (χ1v) is 6.72. The summed E-state index contributed by atoms with van der Waals surface area (Å²) in [4.78, 5) is 11.9. The predicted molar refractivity (Wildman–Crippen MR) is 78.1 cm³/mol. The van der Waals surface area contributed by atoms with Gasteiger partial charge in [0.15, 0.2) is 0 Å². The molecule has 2 aromatic rings. The number of hydrogen-bond donors (Lipinski definition) is 1. The molecule has 1 amide bonds. The molecule has 104 valence electrons. The van der Waals surface area contributed by atoms with Gasteiger partial charge in [-0.05, 0) is 30.2 Å². The van der Waals surface area contributed by atoms with Crippen LogP contribution >= 0.6 is 11.6 Å². The lowest BCUT2D eigenvalue weighted by molar-refractivity contribution is -0.121. The van der Waals surface area contributed by atoms with Crippen LogP contribution < -0.4 is 5.32 Å². The lowest BCUT2D eigenvalue weighted by atomic mass is 10.1. The number of amides is 1. The zero-order chi connectivity index (χ0) is 14.5. The molecule has 1 N–H and O–H groups in total. The monoisotopic (exact) mass is 291 g/mol. The quantitative estimate of drug-likeness (QED) is 0.909. The van der Waals surface area contributed by atoms with Gasteiger partial charge in [-0.3, -0.25) is 4.79 Å². The molecule has 0 bridgehead atoms. The second kappa shape index (κ2) is 6.53. The zero-order valence-corrected chi connectivity index (χ0v) is 11.8. The maximum atomic E-state index is 13.6. The van der Waals surface area contributed by atoms with Gasteiger partial charge in [0.2, 0.25) is 5.91 Å². The fourth-order valence-electron chi connectivity index (χ4n) is 1.96. The highest BCUT2D eigenvalue weighted by molar-refractivity contribution is 6.30. The molecule has 0 aliphatic carbocycles. The van der Waals surface area contributed by atoms with Gasteiger partial charge in [0.1, 0.15) is 5.82 Å². The van der Waals surface area contributed by atoms with Crippen molar-refractivity contribution in [1.29, 1.82) is 0 Å². The van der Waals surface area contributed by atoms with E-state index < -0.39 is 5.82 Å². The van der Waals surface area contributed by atoms with Crippen LogP contribution in [-0.4, -0.2) is 5.91 Å². The summed E-state index contributed by atoms with van der Waals surface area (Å²) in [6, 6.07) is 13.8. The highest BCUT2D eigenvalue weighted by atomic mass is 35.5. The standard InChI is InChI=1S/C16H15ClFNO/c1-11(12-5-3-2-4-6-12)19-16(20)9-13-7-8-14(17)10-15(13)18/h2-8,10-11H,9H2,1H3,(H,19,20)/t11-/m1/s1. The van der Waals surface area contributed by atoms with E-state index in [2.05, 4.69) is 5.32 Å². The van der Waals surface area contributed by atoms with Crippen molar-refractivity contribution in [1.82, 2.24) is 5.32 Å². The van der Waals surface area contributed by atoms with E-state index in [1.54, 1.807) is 6.07 Å². The molecular weight excluding hydrogens is 277 g/mol. The van der Waals surface area contributed by atoms with Crippen LogP contribution in [0.15, 0.2) is 48.5 Å². The van der Waals surface area contributed by atoms with Crippen LogP contribution in [0.5, 0.6) is 0 Å². The molecule has 0 aliphatic heterocycles. The molecule has 1 atom stereocenters. The lowest BCUT2D eigenvalue weighted by Gasteiger charge is -2.14. The fourth-order valence-corrected chi connectivity index (χ4v) is 2.11. The van der Waals surface area contributed by atoms with Gasteiger partial charge in [-0.15, -0.1) is 0 Å². The third-order valence-corrected chi connectivity index (χ3v) is 3.28. The van der Waals surface area contributed by atoms with Crippen LogP contribution in [0.4, 0.5) is 4.39 Å². The van der Waals surface area contributed by atoms with Crippen LogP contribution in [0.2, 0.25) is 5.02 Å². The molecule has 2 rings (SSSR count). The van der Waals surface area contributed by atoms with E-state index in [4.69, 9.17) is 11.6 Å². The van der Waals surface area contributed by atoms with Crippen LogP contribution in [0.25, 0.3) is 0 Å². The van der Waals surface area contributed by atoms with Crippen LogP contribution in [0, 0.1) is 5.82 Å². The molecule has 0 spiro atoms. The largest absolute Gasteiger partial charge is 0.349 e. The predicted octanol–water partition coefficient (Wildman–Crippen LogP) is 3.90. The van der Waals surface area contributed by atoms with Crippen LogP contribution in [-0.2, 0) is 11.2 Å². The second-order valence-corrected chi connectivity index (χ2v) is 5.05. The number of carbonyl (C=O) groups is 1. The molecule has 2 nitrogen and oxygen atoms in total. The van der Waals surface area contributed by atoms with Gasteiger partial charge < -0.3 is 5.32 Å². The average molecular weight is 292 g/mol. The van der Waals surface area contributed by atoms with E-state index in [1.807, 2.05) is 37.3 Å². The number of carbonyl (C=O) groups excluding carboxylic acids is 1. The Morgan fingerprint density at radius 2 is 1.95 bits per heavy atom. The Morgan fingerprint density at radius 1 is 1.25 bits per heavy atom. The minimum Gasteiger partial charge on any atom is -0.349 e. The van der Waals surface area contributed by atoms with Gasteiger partial charge in [0.25, 0.3) is 0 Å². The van der Waals surface area contributed by atoms with Gasteiger partial charge >= 0.3 is 0 Å². The van der Waals surface area contributed by atoms with Gasteiger partial charge in [-0.25, -0.2) is 4.39 Å². The van der Waals surface area contributed by atoms with Crippen molar-refractivity contribution in [2.24, 2.45) is 0 Å². The van der Waals surface area contributed by atoms with Gasteiger partial charge in [-0.2, -0.15) is 0 Å². The maximum absolute atomic E-state index is 13.6. The number of nitrogens with one attached hydrogen (secondary N) is 1. The molecule has 0 aliphatic rings. The third kappa shape index (κ3) is 3.81. The normalized spacial score (nSPS) is 11.9. The first kappa shape index (κ1) is 14.5. The molecule has 0 aromatic heterocycles. The van der Waals surface area contributed by atoms with Gasteiger partial charge in [-0.1, -0.05) is 48.0 Å². The van der Waals surface area contributed by atoms with Crippen molar-refractivity contribution in [3.05, 3.63) is 70.5 Å². The van der Waals surface area contributed by atoms with Gasteiger partial charge in [0, 0.05) is 5.02 Å². The molecule has 0 saturated heterocycles. The minimum atomic E-state index is -0.458. The first-order chi connectivity index (χ1) is 9.56. The number of benzene rings is 2. The van der Waals surface area contributed by atoms with E-state index in [9.17, 15) is 9.18 Å². The lowest BCUT2D eigenvalue weighted by Crippen LogP contribution is -2.28. The maximum Gasteiger partial charge on any atom is 0.225 e. The third-order valence-electron chi connectivity index (χ3n) is 3.04. The Kier molecular flexibility index (Phi) is 4.74. The van der Waals surface area contributed by atoms with Crippen molar-refractivity contribution in [2.75, 3.05) is 0 Å². The van der Waals surface area contributed by atoms with E-state index in [0.29, 0.717) is 10.6 Å². The summed E-state index contributed by atoms with van der Waals surface area (Å²) in [7, 11) is 0. The fraction of sp³-hybridized carbons (Fsp3) is 0.188. The summed E-state index contributed by atoms with van der Waals surface area (Å²) in [6.07, 6.45) is 0.000174. The van der Waals surface area contributed by atoms with Crippen LogP contribution in [0.1, 0.15) is 24.1 Å². The number of halogens is 2. The molecule has 0 saturated carbocycles. The molecule has 0 radical (unpaired) electrons. The Morgan fingerprint density at radius 3 is 2.60 bits per heavy atom. The number of hydrogen-bond acceptors (Lipinski definition) is 1. The highest BCUT2D eigenvalue weighted by Crippen LogP contribution is 2.16. The smallest absolute Gasteiger partial charge is 0.225 e. The Labute approximate surface area is 122 Å². The average Bonchev–Trinajstić information content (AvgIpc) is 2.43. The van der Waals surface area contributed by atoms with Crippen molar-refractivity contribution in [2.45, 2.75) is 19.4 Å². The molecule has 0 unspecified atom stereocenters. The van der Waals surface area contributed by atoms with Crippen molar-refractivity contribution in [3.8, 4) is 0 Å². The van der Waals surface area contributed by atoms with E-state index in [1.165, 1.54) is 12.1 Å². The van der Waals surface area contributed by atoms with Crippen molar-refractivity contribution in [3.63, 3.8) is 0 Å². The molecule has 0 heterocycles. The van der Waals surface area contributed by atoms with Crippen molar-refractivity contribution < 1.29 is 9.18 Å². The Bertz CT molecular complexity index is 601. The summed E-state index contributed by atoms with van der Waals surface area (Å²) in [5.74, 6) is -0.678. The SMILES string of the molecule is C[C@@H](NC(=O)Cc1ccc(Cl)cc1F)c1ccccc1. The second-order valence-electron chi connectivity index (χ2n) is 4.61. The van der Waals surface area contributed by atoms with Crippen LogP contribution in [0.3, 0.4) is 0 Å². The van der Waals surface area contributed by atoms with E-state index in [-0.39, 0.29) is 18.4 Å². The Hall–Kier alpha value is -1.87. The summed E-state index contributed by atoms with van der Waals surface area (Å²) in [6.45, 7) is 1.89. The molecule has 2 aromatic carbocycles. The van der Waals surface area contributed by atoms with Crippen molar-refractivity contribution >= 4 is 17.5 Å². The topological polar surface area (TPSA) is 29.1 Å². The van der Waals surface area contributed by atoms with Gasteiger partial charge in [0.05, 0.1) is 12.5 Å². The van der Waals surface area contributed by atoms with E-state index >= 15 is 0 Å². The molecular formula is C16H15ClFNO. The molecule has 0 fully saturated rings. The first-order valence-electron chi connectivity index (χ1n) is 6.34.